The van der Waals surface area contributed by atoms with Crippen molar-refractivity contribution >= 4 is 45.1 Å². The molecule has 11 heteroatoms. The van der Waals surface area contributed by atoms with Crippen LogP contribution in [0.15, 0.2) is 53.6 Å². The van der Waals surface area contributed by atoms with Gasteiger partial charge >= 0.3 is 0 Å². The van der Waals surface area contributed by atoms with Crippen LogP contribution in [0.5, 0.6) is 0 Å². The zero-order valence-corrected chi connectivity index (χ0v) is 15.6. The second kappa shape index (κ2) is 8.60. The third-order valence-electron chi connectivity index (χ3n) is 3.32. The van der Waals surface area contributed by atoms with Crippen LogP contribution in [-0.2, 0) is 14.8 Å². The van der Waals surface area contributed by atoms with Crippen LogP contribution in [0.1, 0.15) is 5.56 Å². The van der Waals surface area contributed by atoms with E-state index in [-0.39, 0.29) is 16.3 Å². The van der Waals surface area contributed by atoms with Gasteiger partial charge in [0.05, 0.1) is 23.1 Å². The van der Waals surface area contributed by atoms with Gasteiger partial charge in [0.1, 0.15) is 6.54 Å². The van der Waals surface area contributed by atoms with Gasteiger partial charge in [-0.1, -0.05) is 29.8 Å². The minimum atomic E-state index is -3.69. The number of amides is 1. The molecule has 0 radical (unpaired) electrons. The second-order valence-corrected chi connectivity index (χ2v) is 7.68. The van der Waals surface area contributed by atoms with Crippen molar-refractivity contribution in [2.24, 2.45) is 5.10 Å². The van der Waals surface area contributed by atoms with Crippen LogP contribution in [0.3, 0.4) is 0 Å². The molecule has 0 aliphatic carbocycles. The Morgan fingerprint density at radius 2 is 1.96 bits per heavy atom. The topological polar surface area (TPSA) is 122 Å². The molecule has 142 valence electrons. The monoisotopic (exact) mass is 410 g/mol. The predicted octanol–water partition coefficient (Wildman–Crippen LogP) is 2.16. The first-order valence-corrected chi connectivity index (χ1v) is 9.69. The van der Waals surface area contributed by atoms with E-state index in [1.54, 1.807) is 30.3 Å². The summed E-state index contributed by atoms with van der Waals surface area (Å²) in [6.45, 7) is -0.483. The van der Waals surface area contributed by atoms with Crippen LogP contribution in [0, 0.1) is 10.1 Å². The Morgan fingerprint density at radius 1 is 1.30 bits per heavy atom. The zero-order chi connectivity index (χ0) is 20.0. The molecule has 0 aliphatic heterocycles. The molecule has 9 nitrogen and oxygen atoms in total. The standard InChI is InChI=1S/C16H15ClN4O5S/c1-27(25,26)20(13-5-3-2-4-6-13)11-16(22)19-18-10-12-9-14(21(23)24)7-8-15(12)17/h2-10H,11H2,1H3,(H,19,22)/b18-10+. The van der Waals surface area contributed by atoms with Crippen molar-refractivity contribution in [1.82, 2.24) is 5.43 Å². The number of nitrogens with zero attached hydrogens (tertiary/aromatic N) is 3. The number of halogens is 1. The Labute approximate surface area is 160 Å². The van der Waals surface area contributed by atoms with Gasteiger partial charge in [-0.15, -0.1) is 0 Å². The number of carbonyl (C=O) groups excluding carboxylic acids is 1. The van der Waals surface area contributed by atoms with E-state index in [2.05, 4.69) is 10.5 Å². The van der Waals surface area contributed by atoms with Crippen LogP contribution < -0.4 is 9.73 Å². The van der Waals surface area contributed by atoms with Gasteiger partial charge < -0.3 is 0 Å². The summed E-state index contributed by atoms with van der Waals surface area (Å²) >= 11 is 5.93. The molecule has 1 N–H and O–H groups in total. The summed E-state index contributed by atoms with van der Waals surface area (Å²) in [7, 11) is -3.69. The lowest BCUT2D eigenvalue weighted by Crippen LogP contribution is -2.38. The number of nitro groups is 1. The van der Waals surface area contributed by atoms with Crippen molar-refractivity contribution in [1.29, 1.82) is 0 Å². The third-order valence-corrected chi connectivity index (χ3v) is 4.80. The van der Waals surface area contributed by atoms with Crippen LogP contribution in [0.25, 0.3) is 0 Å². The van der Waals surface area contributed by atoms with Crippen LogP contribution in [-0.4, -0.2) is 38.3 Å². The highest BCUT2D eigenvalue weighted by atomic mass is 35.5. The molecule has 27 heavy (non-hydrogen) atoms. The largest absolute Gasteiger partial charge is 0.271 e. The number of nitrogens with one attached hydrogen (secondary N) is 1. The van der Waals surface area contributed by atoms with Gasteiger partial charge in [0.25, 0.3) is 11.6 Å². The fraction of sp³-hybridized carbons (Fsp3) is 0.125. The molecule has 2 rings (SSSR count). The average Bonchev–Trinajstić information content (AvgIpc) is 2.61. The summed E-state index contributed by atoms with van der Waals surface area (Å²) in [6.07, 6.45) is 2.12. The lowest BCUT2D eigenvalue weighted by molar-refractivity contribution is -0.384. The molecule has 0 aliphatic rings. The predicted molar refractivity (Wildman–Crippen MR) is 102 cm³/mol. The van der Waals surface area contributed by atoms with E-state index in [1.807, 2.05) is 0 Å². The molecule has 0 heterocycles. The maximum atomic E-state index is 12.1. The Bertz CT molecular complexity index is 980. The minimum absolute atomic E-state index is 0.181. The van der Waals surface area contributed by atoms with Crippen molar-refractivity contribution < 1.29 is 18.1 Å². The summed E-state index contributed by atoms with van der Waals surface area (Å²) in [6, 6.07) is 11.9. The first-order valence-electron chi connectivity index (χ1n) is 7.47. The van der Waals surface area contributed by atoms with E-state index >= 15 is 0 Å². The molecule has 0 saturated heterocycles. The Balaban J connectivity index is 2.10. The van der Waals surface area contributed by atoms with Crippen molar-refractivity contribution in [3.8, 4) is 0 Å². The van der Waals surface area contributed by atoms with Crippen molar-refractivity contribution in [3.63, 3.8) is 0 Å². The Hall–Kier alpha value is -2.98. The maximum absolute atomic E-state index is 12.1. The molecule has 2 aromatic rings. The van der Waals surface area contributed by atoms with Crippen LogP contribution in [0.2, 0.25) is 5.02 Å². The number of carbonyl (C=O) groups is 1. The van der Waals surface area contributed by atoms with E-state index in [4.69, 9.17) is 11.6 Å². The first kappa shape index (κ1) is 20.3. The highest BCUT2D eigenvalue weighted by molar-refractivity contribution is 7.92. The fourth-order valence-electron chi connectivity index (χ4n) is 2.08. The van der Waals surface area contributed by atoms with Crippen LogP contribution >= 0.6 is 11.6 Å². The molecule has 0 bridgehead atoms. The number of hydrogen-bond acceptors (Lipinski definition) is 6. The number of para-hydroxylation sites is 1. The van der Waals surface area contributed by atoms with Crippen molar-refractivity contribution in [3.05, 3.63) is 69.2 Å². The Kier molecular flexibility index (Phi) is 6.48. The maximum Gasteiger partial charge on any atom is 0.270 e. The molecular weight excluding hydrogens is 396 g/mol. The van der Waals surface area contributed by atoms with E-state index in [0.717, 1.165) is 16.8 Å². The molecule has 0 saturated carbocycles. The number of hydrazone groups is 1. The SMILES string of the molecule is CS(=O)(=O)N(CC(=O)N/N=C/c1cc([N+](=O)[O-])ccc1Cl)c1ccccc1. The summed E-state index contributed by atoms with van der Waals surface area (Å²) in [5, 5.41) is 14.7. The molecule has 1 amide bonds. The highest BCUT2D eigenvalue weighted by Crippen LogP contribution is 2.20. The highest BCUT2D eigenvalue weighted by Gasteiger charge is 2.20. The first-order chi connectivity index (χ1) is 12.7. The average molecular weight is 411 g/mol. The fourth-order valence-corrected chi connectivity index (χ4v) is 3.10. The van der Waals surface area contributed by atoms with Gasteiger partial charge in [-0.2, -0.15) is 5.10 Å². The number of nitro benzene ring substituents is 1. The lowest BCUT2D eigenvalue weighted by Gasteiger charge is -2.21. The number of hydrogen-bond donors (Lipinski definition) is 1. The van der Waals surface area contributed by atoms with Crippen molar-refractivity contribution in [2.45, 2.75) is 0 Å². The number of anilines is 1. The third kappa shape index (κ3) is 5.76. The summed E-state index contributed by atoms with van der Waals surface area (Å²) in [5.41, 5.74) is 2.56. The summed E-state index contributed by atoms with van der Waals surface area (Å²) in [4.78, 5) is 22.2. The van der Waals surface area contributed by atoms with Gasteiger partial charge in [0, 0.05) is 22.7 Å². The van der Waals surface area contributed by atoms with Gasteiger partial charge in [-0.3, -0.25) is 19.2 Å². The summed E-state index contributed by atoms with van der Waals surface area (Å²) < 4.78 is 24.8. The molecule has 0 spiro atoms. The lowest BCUT2D eigenvalue weighted by atomic mass is 10.2. The van der Waals surface area contributed by atoms with E-state index in [1.165, 1.54) is 18.2 Å². The molecule has 0 fully saturated rings. The second-order valence-electron chi connectivity index (χ2n) is 5.36. The van der Waals surface area contributed by atoms with E-state index in [9.17, 15) is 23.3 Å². The van der Waals surface area contributed by atoms with E-state index in [0.29, 0.717) is 5.69 Å². The number of sulfonamides is 1. The summed E-state index contributed by atoms with van der Waals surface area (Å²) in [5.74, 6) is -0.693. The molecule has 0 unspecified atom stereocenters. The van der Waals surface area contributed by atoms with E-state index < -0.39 is 27.4 Å². The minimum Gasteiger partial charge on any atom is -0.271 e. The number of non-ortho nitro benzene ring substituents is 1. The number of benzene rings is 2. The Morgan fingerprint density at radius 3 is 2.56 bits per heavy atom. The van der Waals surface area contributed by atoms with Gasteiger partial charge in [-0.25, -0.2) is 13.8 Å². The smallest absolute Gasteiger partial charge is 0.270 e. The van der Waals surface area contributed by atoms with Crippen molar-refractivity contribution in [2.75, 3.05) is 17.1 Å². The van der Waals surface area contributed by atoms with Gasteiger partial charge in [-0.05, 0) is 18.2 Å². The molecule has 0 aromatic heterocycles. The van der Waals surface area contributed by atoms with Gasteiger partial charge in [0.15, 0.2) is 0 Å². The van der Waals surface area contributed by atoms with Crippen LogP contribution in [0.4, 0.5) is 11.4 Å². The van der Waals surface area contributed by atoms with Gasteiger partial charge in [0.2, 0.25) is 10.0 Å². The molecule has 0 atom stereocenters. The molecular formula is C16H15ClN4O5S. The zero-order valence-electron chi connectivity index (χ0n) is 14.1. The quantitative estimate of drug-likeness (QED) is 0.425. The normalized spacial score (nSPS) is 11.3. The molecule has 2 aromatic carbocycles. The number of rotatable bonds is 7.